The first-order valence-corrected chi connectivity index (χ1v) is 7.97. The first kappa shape index (κ1) is 13.5. The topological polar surface area (TPSA) is 15.3 Å². The van der Waals surface area contributed by atoms with Crippen molar-refractivity contribution in [2.45, 2.75) is 32.4 Å². The third-order valence-corrected chi connectivity index (χ3v) is 5.17. The molecular formula is C13H21BrN2S. The van der Waals surface area contributed by atoms with E-state index in [-0.39, 0.29) is 0 Å². The van der Waals surface area contributed by atoms with Gasteiger partial charge in [0.15, 0.2) is 0 Å². The SMILES string of the molecule is CC1CCCNC1CN(C)Cc1cc(Br)cs1. The number of halogens is 1. The Morgan fingerprint density at radius 2 is 2.41 bits per heavy atom. The molecule has 1 aliphatic heterocycles. The third kappa shape index (κ3) is 4.05. The molecule has 17 heavy (non-hydrogen) atoms. The Hall–Kier alpha value is 0.1000. The molecule has 2 unspecified atom stereocenters. The summed E-state index contributed by atoms with van der Waals surface area (Å²) in [7, 11) is 2.22. The van der Waals surface area contributed by atoms with Crippen molar-refractivity contribution in [3.05, 3.63) is 20.8 Å². The van der Waals surface area contributed by atoms with Gasteiger partial charge in [0.25, 0.3) is 0 Å². The van der Waals surface area contributed by atoms with Crippen LogP contribution in [0.3, 0.4) is 0 Å². The van der Waals surface area contributed by atoms with Gasteiger partial charge in [-0.05, 0) is 54.3 Å². The normalized spacial score (nSPS) is 25.4. The van der Waals surface area contributed by atoms with E-state index in [1.807, 2.05) is 11.3 Å². The van der Waals surface area contributed by atoms with Gasteiger partial charge in [-0.3, -0.25) is 4.90 Å². The van der Waals surface area contributed by atoms with E-state index in [0.717, 1.165) is 19.0 Å². The highest BCUT2D eigenvalue weighted by Gasteiger charge is 2.21. The molecule has 2 atom stereocenters. The molecule has 0 aromatic carbocycles. The first-order valence-electron chi connectivity index (χ1n) is 6.30. The van der Waals surface area contributed by atoms with E-state index >= 15 is 0 Å². The van der Waals surface area contributed by atoms with Gasteiger partial charge in [0.1, 0.15) is 0 Å². The van der Waals surface area contributed by atoms with Crippen LogP contribution < -0.4 is 5.32 Å². The molecule has 1 aliphatic rings. The highest BCUT2D eigenvalue weighted by atomic mass is 79.9. The number of hydrogen-bond acceptors (Lipinski definition) is 3. The number of hydrogen-bond donors (Lipinski definition) is 1. The lowest BCUT2D eigenvalue weighted by Crippen LogP contribution is -2.46. The molecule has 1 aromatic rings. The zero-order chi connectivity index (χ0) is 12.3. The van der Waals surface area contributed by atoms with Crippen LogP contribution >= 0.6 is 27.3 Å². The van der Waals surface area contributed by atoms with Crippen molar-refractivity contribution in [2.75, 3.05) is 20.1 Å². The Labute approximate surface area is 117 Å². The minimum Gasteiger partial charge on any atom is -0.312 e. The van der Waals surface area contributed by atoms with Crippen LogP contribution in [0, 0.1) is 5.92 Å². The average Bonchev–Trinajstić information content (AvgIpc) is 2.67. The predicted octanol–water partition coefficient (Wildman–Crippen LogP) is 3.33. The lowest BCUT2D eigenvalue weighted by Gasteiger charge is -2.33. The van der Waals surface area contributed by atoms with Crippen molar-refractivity contribution < 1.29 is 0 Å². The molecule has 0 amide bonds. The maximum Gasteiger partial charge on any atom is 0.0325 e. The minimum absolute atomic E-state index is 0.664. The molecule has 2 heterocycles. The molecule has 1 saturated heterocycles. The fourth-order valence-electron chi connectivity index (χ4n) is 2.46. The summed E-state index contributed by atoms with van der Waals surface area (Å²) in [5, 5.41) is 5.80. The number of piperidine rings is 1. The summed E-state index contributed by atoms with van der Waals surface area (Å²) < 4.78 is 1.20. The standard InChI is InChI=1S/C13H21BrN2S/c1-10-4-3-5-15-13(10)8-16(2)7-12-6-11(14)9-17-12/h6,9-10,13,15H,3-5,7-8H2,1-2H3. The molecular weight excluding hydrogens is 296 g/mol. The summed E-state index contributed by atoms with van der Waals surface area (Å²) in [6.07, 6.45) is 2.70. The van der Waals surface area contributed by atoms with Gasteiger partial charge in [-0.2, -0.15) is 0 Å². The van der Waals surface area contributed by atoms with Gasteiger partial charge in [0, 0.05) is 33.9 Å². The zero-order valence-corrected chi connectivity index (χ0v) is 13.0. The van der Waals surface area contributed by atoms with Gasteiger partial charge in [-0.1, -0.05) is 6.92 Å². The highest BCUT2D eigenvalue weighted by Crippen LogP contribution is 2.22. The van der Waals surface area contributed by atoms with E-state index < -0.39 is 0 Å². The number of nitrogens with zero attached hydrogens (tertiary/aromatic N) is 1. The monoisotopic (exact) mass is 316 g/mol. The van der Waals surface area contributed by atoms with Crippen molar-refractivity contribution in [1.29, 1.82) is 0 Å². The zero-order valence-electron chi connectivity index (χ0n) is 10.6. The van der Waals surface area contributed by atoms with Crippen LogP contribution in [-0.4, -0.2) is 31.1 Å². The lowest BCUT2D eigenvalue weighted by atomic mass is 9.92. The van der Waals surface area contributed by atoms with E-state index in [1.54, 1.807) is 0 Å². The molecule has 96 valence electrons. The van der Waals surface area contributed by atoms with Crippen molar-refractivity contribution in [1.82, 2.24) is 10.2 Å². The van der Waals surface area contributed by atoms with E-state index in [9.17, 15) is 0 Å². The van der Waals surface area contributed by atoms with Crippen LogP contribution in [0.25, 0.3) is 0 Å². The Kier molecular flexibility index (Phi) is 5.03. The second-order valence-corrected chi connectivity index (χ2v) is 7.02. The first-order chi connectivity index (χ1) is 8.15. The molecule has 1 fully saturated rings. The molecule has 1 N–H and O–H groups in total. The van der Waals surface area contributed by atoms with E-state index in [0.29, 0.717) is 6.04 Å². The largest absolute Gasteiger partial charge is 0.312 e. The molecule has 4 heteroatoms. The summed E-state index contributed by atoms with van der Waals surface area (Å²) in [5.74, 6) is 0.807. The fourth-order valence-corrected chi connectivity index (χ4v) is 3.99. The van der Waals surface area contributed by atoms with Gasteiger partial charge in [-0.25, -0.2) is 0 Å². The Bertz CT molecular complexity index is 353. The van der Waals surface area contributed by atoms with Gasteiger partial charge in [-0.15, -0.1) is 11.3 Å². The molecule has 2 rings (SSSR count). The summed E-state index contributed by atoms with van der Waals surface area (Å²) in [5.41, 5.74) is 0. The molecule has 0 spiro atoms. The van der Waals surface area contributed by atoms with Crippen molar-refractivity contribution in [2.24, 2.45) is 5.92 Å². The van der Waals surface area contributed by atoms with Crippen LogP contribution in [0.4, 0.5) is 0 Å². The van der Waals surface area contributed by atoms with Gasteiger partial charge >= 0.3 is 0 Å². The van der Waals surface area contributed by atoms with Crippen molar-refractivity contribution >= 4 is 27.3 Å². The summed E-state index contributed by atoms with van der Waals surface area (Å²) in [4.78, 5) is 3.86. The minimum atomic E-state index is 0.664. The van der Waals surface area contributed by atoms with Crippen LogP contribution in [0.2, 0.25) is 0 Å². The Balaban J connectivity index is 1.82. The molecule has 1 aromatic heterocycles. The molecule has 0 bridgehead atoms. The molecule has 0 saturated carbocycles. The molecule has 0 aliphatic carbocycles. The van der Waals surface area contributed by atoms with Crippen LogP contribution in [-0.2, 0) is 6.54 Å². The Morgan fingerprint density at radius 3 is 3.06 bits per heavy atom. The average molecular weight is 317 g/mol. The van der Waals surface area contributed by atoms with Gasteiger partial charge < -0.3 is 5.32 Å². The van der Waals surface area contributed by atoms with E-state index in [1.165, 1.54) is 28.7 Å². The van der Waals surface area contributed by atoms with Crippen LogP contribution in [0.5, 0.6) is 0 Å². The molecule has 0 radical (unpaired) electrons. The van der Waals surface area contributed by atoms with Crippen LogP contribution in [0.1, 0.15) is 24.6 Å². The van der Waals surface area contributed by atoms with E-state index in [4.69, 9.17) is 0 Å². The maximum absolute atomic E-state index is 3.64. The highest BCUT2D eigenvalue weighted by molar-refractivity contribution is 9.10. The third-order valence-electron chi connectivity index (χ3n) is 3.49. The van der Waals surface area contributed by atoms with Gasteiger partial charge in [0.2, 0.25) is 0 Å². The number of thiophene rings is 1. The predicted molar refractivity (Wildman–Crippen MR) is 78.5 cm³/mol. The molecule has 2 nitrogen and oxygen atoms in total. The quantitative estimate of drug-likeness (QED) is 0.916. The maximum atomic E-state index is 3.64. The number of rotatable bonds is 4. The summed E-state index contributed by atoms with van der Waals surface area (Å²) in [6, 6.07) is 2.89. The van der Waals surface area contributed by atoms with Gasteiger partial charge in [0.05, 0.1) is 0 Å². The van der Waals surface area contributed by atoms with Crippen LogP contribution in [0.15, 0.2) is 15.9 Å². The fraction of sp³-hybridized carbons (Fsp3) is 0.692. The smallest absolute Gasteiger partial charge is 0.0325 e. The lowest BCUT2D eigenvalue weighted by molar-refractivity contribution is 0.213. The van der Waals surface area contributed by atoms with Crippen molar-refractivity contribution in [3.8, 4) is 0 Å². The second-order valence-electron chi connectivity index (χ2n) is 5.11. The Morgan fingerprint density at radius 1 is 1.59 bits per heavy atom. The van der Waals surface area contributed by atoms with Crippen molar-refractivity contribution in [3.63, 3.8) is 0 Å². The number of likely N-dealkylation sites (N-methyl/N-ethyl adjacent to an activating group) is 1. The second kappa shape index (κ2) is 6.32. The van der Waals surface area contributed by atoms with E-state index in [2.05, 4.69) is 51.6 Å². The summed E-state index contributed by atoms with van der Waals surface area (Å²) >= 11 is 5.34. The number of nitrogens with one attached hydrogen (secondary N) is 1. The summed E-state index contributed by atoms with van der Waals surface area (Å²) in [6.45, 7) is 5.76.